The Morgan fingerprint density at radius 3 is 2.54 bits per heavy atom. The molecule has 24 heavy (non-hydrogen) atoms. The molecule has 0 radical (unpaired) electrons. The van der Waals surface area contributed by atoms with Crippen molar-refractivity contribution in [3.63, 3.8) is 0 Å². The van der Waals surface area contributed by atoms with E-state index < -0.39 is 0 Å². The highest BCUT2D eigenvalue weighted by atomic mass is 32.1. The Morgan fingerprint density at radius 1 is 1.25 bits per heavy atom. The van der Waals surface area contributed by atoms with Crippen molar-refractivity contribution in [2.24, 2.45) is 0 Å². The van der Waals surface area contributed by atoms with Crippen molar-refractivity contribution in [1.29, 1.82) is 5.26 Å². The predicted octanol–water partition coefficient (Wildman–Crippen LogP) is 4.79. The van der Waals surface area contributed by atoms with Crippen LogP contribution in [0.2, 0.25) is 0 Å². The molecule has 3 rings (SSSR count). The zero-order valence-electron chi connectivity index (χ0n) is 14.5. The molecule has 4 nitrogen and oxygen atoms in total. The normalized spacial score (nSPS) is 11.2. The highest BCUT2D eigenvalue weighted by Crippen LogP contribution is 2.32. The van der Waals surface area contributed by atoms with Gasteiger partial charge in [-0.05, 0) is 51.5 Å². The lowest BCUT2D eigenvalue weighted by atomic mass is 10.1. The van der Waals surface area contributed by atoms with E-state index in [1.807, 2.05) is 38.1 Å². The Balaban J connectivity index is 2.10. The van der Waals surface area contributed by atoms with Crippen LogP contribution < -0.4 is 4.74 Å². The Kier molecular flexibility index (Phi) is 4.59. The van der Waals surface area contributed by atoms with Crippen molar-refractivity contribution in [3.05, 3.63) is 40.5 Å². The smallest absolute Gasteiger partial charge is 0.194 e. The molecule has 3 aromatic rings. The minimum absolute atomic E-state index is 0.151. The molecule has 0 aliphatic carbocycles. The fraction of sp³-hybridized carbons (Fsp3) is 0.368. The van der Waals surface area contributed by atoms with Crippen LogP contribution in [0.25, 0.3) is 16.2 Å². The van der Waals surface area contributed by atoms with Crippen molar-refractivity contribution in [2.75, 3.05) is 0 Å². The van der Waals surface area contributed by atoms with E-state index in [9.17, 15) is 5.26 Å². The maximum Gasteiger partial charge on any atom is 0.194 e. The molecule has 2 heterocycles. The van der Waals surface area contributed by atoms with E-state index in [4.69, 9.17) is 9.72 Å². The lowest BCUT2D eigenvalue weighted by Crippen LogP contribution is -2.05. The van der Waals surface area contributed by atoms with Gasteiger partial charge in [-0.15, -0.1) is 11.3 Å². The number of rotatable bonds is 5. The van der Waals surface area contributed by atoms with Gasteiger partial charge in [0.25, 0.3) is 0 Å². The second-order valence-corrected chi connectivity index (χ2v) is 7.19. The summed E-state index contributed by atoms with van der Waals surface area (Å²) in [6.45, 7) is 8.28. The van der Waals surface area contributed by atoms with Crippen molar-refractivity contribution < 1.29 is 4.74 Å². The largest absolute Gasteiger partial charge is 0.491 e. The maximum absolute atomic E-state index is 9.27. The van der Waals surface area contributed by atoms with Crippen LogP contribution in [0.5, 0.6) is 5.75 Å². The van der Waals surface area contributed by atoms with Crippen LogP contribution in [0.3, 0.4) is 0 Å². The van der Waals surface area contributed by atoms with Gasteiger partial charge in [0.1, 0.15) is 5.75 Å². The molecule has 1 aromatic carbocycles. The van der Waals surface area contributed by atoms with E-state index in [2.05, 4.69) is 24.3 Å². The van der Waals surface area contributed by atoms with E-state index >= 15 is 0 Å². The molecule has 5 heteroatoms. The number of hydrogen-bond donors (Lipinski definition) is 0. The van der Waals surface area contributed by atoms with Gasteiger partial charge in [0.05, 0.1) is 30.0 Å². The van der Waals surface area contributed by atoms with Crippen LogP contribution in [0.1, 0.15) is 37.0 Å². The number of ether oxygens (including phenoxy) is 1. The van der Waals surface area contributed by atoms with Gasteiger partial charge >= 0.3 is 0 Å². The molecule has 0 aliphatic rings. The topological polar surface area (TPSA) is 50.3 Å². The van der Waals surface area contributed by atoms with E-state index in [-0.39, 0.29) is 6.10 Å². The minimum atomic E-state index is 0.151. The van der Waals surface area contributed by atoms with E-state index in [1.165, 1.54) is 10.6 Å². The molecule has 0 spiro atoms. The zero-order valence-corrected chi connectivity index (χ0v) is 15.3. The molecule has 124 valence electrons. The first-order valence-corrected chi connectivity index (χ1v) is 9.00. The minimum Gasteiger partial charge on any atom is -0.491 e. The molecule has 0 bridgehead atoms. The maximum atomic E-state index is 9.27. The van der Waals surface area contributed by atoms with Crippen LogP contribution in [0.4, 0.5) is 0 Å². The number of nitrogens with zero attached hydrogens (tertiary/aromatic N) is 3. The molecule has 2 aromatic heterocycles. The molecule has 0 fully saturated rings. The summed E-state index contributed by atoms with van der Waals surface area (Å²) < 4.78 is 7.87. The fourth-order valence-electron chi connectivity index (χ4n) is 2.97. The van der Waals surface area contributed by atoms with Gasteiger partial charge in [-0.2, -0.15) is 5.26 Å². The molecule has 0 aliphatic heterocycles. The summed E-state index contributed by atoms with van der Waals surface area (Å²) >= 11 is 1.69. The lowest BCUT2D eigenvalue weighted by molar-refractivity contribution is 0.242. The Bertz CT molecular complexity index is 897. The summed E-state index contributed by atoms with van der Waals surface area (Å²) in [7, 11) is 0. The monoisotopic (exact) mass is 339 g/mol. The van der Waals surface area contributed by atoms with Gasteiger partial charge < -0.3 is 4.74 Å². The number of aryl methyl sites for hydroxylation is 2. The third-order valence-electron chi connectivity index (χ3n) is 3.94. The predicted molar refractivity (Wildman–Crippen MR) is 97.7 cm³/mol. The van der Waals surface area contributed by atoms with Crippen LogP contribution in [0.15, 0.2) is 24.3 Å². The average molecular weight is 339 g/mol. The number of imidazole rings is 1. The Labute approximate surface area is 146 Å². The average Bonchev–Trinajstić information content (AvgIpc) is 3.03. The second-order valence-electron chi connectivity index (χ2n) is 6.01. The van der Waals surface area contributed by atoms with Gasteiger partial charge in [-0.1, -0.05) is 6.92 Å². The fourth-order valence-corrected chi connectivity index (χ4v) is 4.05. The van der Waals surface area contributed by atoms with E-state index in [0.717, 1.165) is 34.1 Å². The van der Waals surface area contributed by atoms with Crippen molar-refractivity contribution in [3.8, 4) is 23.1 Å². The van der Waals surface area contributed by atoms with Crippen molar-refractivity contribution in [1.82, 2.24) is 9.38 Å². The molecular weight excluding hydrogens is 318 g/mol. The number of aromatic nitrogens is 2. The van der Waals surface area contributed by atoms with Crippen molar-refractivity contribution >= 4 is 16.3 Å². The lowest BCUT2D eigenvalue weighted by Gasteiger charge is -2.10. The Hall–Kier alpha value is -2.32. The quantitative estimate of drug-likeness (QED) is 0.672. The molecule has 0 amide bonds. The first-order valence-electron chi connectivity index (χ1n) is 8.18. The van der Waals surface area contributed by atoms with E-state index in [0.29, 0.717) is 6.42 Å². The third-order valence-corrected chi connectivity index (χ3v) is 4.94. The van der Waals surface area contributed by atoms with Gasteiger partial charge in [-0.25, -0.2) is 4.98 Å². The second kappa shape index (κ2) is 6.66. The van der Waals surface area contributed by atoms with Crippen LogP contribution >= 0.6 is 11.3 Å². The summed E-state index contributed by atoms with van der Waals surface area (Å²) in [4.78, 5) is 7.05. The highest BCUT2D eigenvalue weighted by Gasteiger charge is 2.19. The SMILES string of the molecule is CCc1c(C)sc2nc(-c3ccc(OC(C)C)cc3)c(CC#N)n12. The molecule has 0 atom stereocenters. The molecule has 0 unspecified atom stereocenters. The summed E-state index contributed by atoms with van der Waals surface area (Å²) in [6.07, 6.45) is 1.43. The van der Waals surface area contributed by atoms with Crippen LogP contribution in [-0.4, -0.2) is 15.5 Å². The standard InChI is InChI=1S/C19H21N3OS/c1-5-16-13(4)24-19-21-18(17(10-11-20)22(16)19)14-6-8-15(9-7-14)23-12(2)3/h6-9,12H,5,10H2,1-4H3. The number of fused-ring (bicyclic) bond motifs is 1. The highest BCUT2D eigenvalue weighted by molar-refractivity contribution is 7.17. The molecule has 0 saturated heterocycles. The van der Waals surface area contributed by atoms with Crippen LogP contribution in [0, 0.1) is 18.3 Å². The first-order chi connectivity index (χ1) is 11.5. The van der Waals surface area contributed by atoms with Gasteiger partial charge in [0.2, 0.25) is 0 Å². The molecule has 0 saturated carbocycles. The van der Waals surface area contributed by atoms with Crippen LogP contribution in [-0.2, 0) is 12.8 Å². The summed E-state index contributed by atoms with van der Waals surface area (Å²) in [5.41, 5.74) is 4.14. The summed E-state index contributed by atoms with van der Waals surface area (Å²) in [5.74, 6) is 0.849. The summed E-state index contributed by atoms with van der Waals surface area (Å²) in [6, 6.07) is 10.3. The van der Waals surface area contributed by atoms with Gasteiger partial charge in [-0.3, -0.25) is 4.40 Å². The van der Waals surface area contributed by atoms with E-state index in [1.54, 1.807) is 11.3 Å². The third kappa shape index (κ3) is 2.90. The van der Waals surface area contributed by atoms with Gasteiger partial charge in [0, 0.05) is 16.1 Å². The van der Waals surface area contributed by atoms with Gasteiger partial charge in [0.15, 0.2) is 4.96 Å². The summed E-state index contributed by atoms with van der Waals surface area (Å²) in [5, 5.41) is 9.27. The molecular formula is C19H21N3OS. The number of benzene rings is 1. The zero-order chi connectivity index (χ0) is 17.3. The number of thiazole rings is 1. The van der Waals surface area contributed by atoms with Crippen molar-refractivity contribution in [2.45, 2.75) is 46.6 Å². The number of hydrogen-bond acceptors (Lipinski definition) is 4. The molecule has 0 N–H and O–H groups in total. The number of nitriles is 1. The first kappa shape index (κ1) is 16.5. The Morgan fingerprint density at radius 2 is 1.96 bits per heavy atom.